The number of benzene rings is 1. The van der Waals surface area contributed by atoms with Gasteiger partial charge in [0.25, 0.3) is 12.0 Å². The molecule has 0 saturated heterocycles. The first-order valence-corrected chi connectivity index (χ1v) is 7.76. The van der Waals surface area contributed by atoms with Crippen molar-refractivity contribution in [2.75, 3.05) is 6.61 Å². The summed E-state index contributed by atoms with van der Waals surface area (Å²) in [7, 11) is 0. The van der Waals surface area contributed by atoms with Crippen LogP contribution in [0.4, 0.5) is 8.78 Å². The van der Waals surface area contributed by atoms with E-state index in [0.717, 1.165) is 32.1 Å². The molecule has 1 fully saturated rings. The van der Waals surface area contributed by atoms with Crippen LogP contribution in [-0.4, -0.2) is 22.6 Å². The highest BCUT2D eigenvalue weighted by molar-refractivity contribution is 5.79. The van der Waals surface area contributed by atoms with Gasteiger partial charge in [0.05, 0.1) is 10.9 Å². The average molecular weight is 324 g/mol. The van der Waals surface area contributed by atoms with Crippen LogP contribution in [-0.2, 0) is 0 Å². The maximum Gasteiger partial charge on any atom is 0.329 e. The van der Waals surface area contributed by atoms with Gasteiger partial charge in [-0.25, -0.2) is 13.6 Å². The van der Waals surface area contributed by atoms with E-state index in [9.17, 15) is 18.4 Å². The second kappa shape index (κ2) is 6.52. The Morgan fingerprint density at radius 1 is 1.22 bits per heavy atom. The van der Waals surface area contributed by atoms with E-state index in [-0.39, 0.29) is 17.2 Å². The number of aromatic amines is 1. The van der Waals surface area contributed by atoms with Crippen LogP contribution in [0.15, 0.2) is 27.8 Å². The lowest BCUT2D eigenvalue weighted by Crippen LogP contribution is -2.33. The van der Waals surface area contributed by atoms with Crippen LogP contribution in [0.25, 0.3) is 10.9 Å². The van der Waals surface area contributed by atoms with Gasteiger partial charge in [0, 0.05) is 6.04 Å². The summed E-state index contributed by atoms with van der Waals surface area (Å²) in [5.74, 6) is 0.192. The van der Waals surface area contributed by atoms with Gasteiger partial charge < -0.3 is 4.74 Å². The molecule has 0 spiro atoms. The summed E-state index contributed by atoms with van der Waals surface area (Å²) in [6.07, 6.45) is 2.45. The Kier molecular flexibility index (Phi) is 4.45. The lowest BCUT2D eigenvalue weighted by atomic mass is 9.95. The molecule has 0 amide bonds. The van der Waals surface area contributed by atoms with Crippen molar-refractivity contribution in [3.05, 3.63) is 39.0 Å². The van der Waals surface area contributed by atoms with E-state index in [0.29, 0.717) is 5.52 Å². The number of ether oxygens (including phenoxy) is 1. The fourth-order valence-electron chi connectivity index (χ4n) is 3.19. The lowest BCUT2D eigenvalue weighted by Gasteiger charge is -2.25. The third kappa shape index (κ3) is 3.28. The van der Waals surface area contributed by atoms with Crippen LogP contribution in [0.2, 0.25) is 0 Å². The maximum absolute atomic E-state index is 12.2. The highest BCUT2D eigenvalue weighted by atomic mass is 19.3. The zero-order chi connectivity index (χ0) is 16.4. The molecule has 0 atom stereocenters. The predicted molar refractivity (Wildman–Crippen MR) is 82.4 cm³/mol. The number of aromatic nitrogens is 2. The Hall–Kier alpha value is -2.18. The number of rotatable bonds is 4. The molecule has 1 aliphatic carbocycles. The summed E-state index contributed by atoms with van der Waals surface area (Å²) in [5.41, 5.74) is -0.426. The number of alkyl halides is 2. The molecule has 124 valence electrons. The van der Waals surface area contributed by atoms with Crippen LogP contribution in [0.1, 0.15) is 38.1 Å². The molecule has 0 bridgehead atoms. The van der Waals surface area contributed by atoms with E-state index >= 15 is 0 Å². The molecular weight excluding hydrogens is 306 g/mol. The predicted octanol–water partition coefficient (Wildman–Crippen LogP) is 2.84. The molecule has 0 radical (unpaired) electrons. The molecule has 0 unspecified atom stereocenters. The van der Waals surface area contributed by atoms with E-state index < -0.39 is 24.3 Å². The Balaban J connectivity index is 2.06. The fraction of sp³-hybridized carbons (Fsp3) is 0.500. The van der Waals surface area contributed by atoms with Crippen LogP contribution in [0, 0.1) is 0 Å². The van der Waals surface area contributed by atoms with E-state index in [1.165, 1.54) is 12.1 Å². The minimum absolute atomic E-state index is 0.0587. The van der Waals surface area contributed by atoms with Crippen molar-refractivity contribution < 1.29 is 13.5 Å². The summed E-state index contributed by atoms with van der Waals surface area (Å²) >= 11 is 0. The van der Waals surface area contributed by atoms with Crippen molar-refractivity contribution >= 4 is 10.9 Å². The van der Waals surface area contributed by atoms with Gasteiger partial charge in [-0.3, -0.25) is 14.3 Å². The van der Waals surface area contributed by atoms with Crippen molar-refractivity contribution in [3.8, 4) is 5.75 Å². The number of H-pyrrole nitrogens is 1. The van der Waals surface area contributed by atoms with Crippen molar-refractivity contribution in [2.45, 2.75) is 44.6 Å². The van der Waals surface area contributed by atoms with Crippen molar-refractivity contribution in [1.82, 2.24) is 9.55 Å². The minimum atomic E-state index is -2.58. The highest BCUT2D eigenvalue weighted by Crippen LogP contribution is 2.29. The van der Waals surface area contributed by atoms with Gasteiger partial charge in [-0.1, -0.05) is 19.3 Å². The Morgan fingerprint density at radius 3 is 2.65 bits per heavy atom. The molecule has 5 nitrogen and oxygen atoms in total. The molecule has 1 aromatic carbocycles. The molecule has 7 heteroatoms. The minimum Gasteiger partial charge on any atom is -0.488 e. The monoisotopic (exact) mass is 324 g/mol. The zero-order valence-corrected chi connectivity index (χ0v) is 12.6. The highest BCUT2D eigenvalue weighted by Gasteiger charge is 2.20. The van der Waals surface area contributed by atoms with Crippen molar-refractivity contribution in [2.24, 2.45) is 0 Å². The van der Waals surface area contributed by atoms with E-state index in [1.54, 1.807) is 10.6 Å². The first kappa shape index (κ1) is 15.7. The molecule has 2 aromatic rings. The zero-order valence-electron chi connectivity index (χ0n) is 12.6. The standard InChI is InChI=1S/C16H18F2N2O3/c17-14(18)9-23-11-6-7-13-12(8-11)15(21)19-16(22)20(13)10-4-2-1-3-5-10/h6-8,10,14H,1-5,9H2,(H,19,21,22). The Morgan fingerprint density at radius 2 is 1.96 bits per heavy atom. The number of nitrogens with one attached hydrogen (secondary N) is 1. The van der Waals surface area contributed by atoms with Gasteiger partial charge in [-0.05, 0) is 31.0 Å². The molecule has 1 saturated carbocycles. The van der Waals surface area contributed by atoms with Gasteiger partial charge in [-0.15, -0.1) is 0 Å². The number of hydrogen-bond acceptors (Lipinski definition) is 3. The SMILES string of the molecule is O=c1[nH]c(=O)n(C2CCCCC2)c2ccc(OCC(F)F)cc12. The molecule has 1 aliphatic rings. The number of nitrogens with zero attached hydrogens (tertiary/aromatic N) is 1. The Bertz CT molecular complexity index is 807. The molecule has 3 rings (SSSR count). The van der Waals surface area contributed by atoms with Gasteiger partial charge >= 0.3 is 5.69 Å². The van der Waals surface area contributed by atoms with Gasteiger partial charge in [0.2, 0.25) is 0 Å². The van der Waals surface area contributed by atoms with Crippen LogP contribution < -0.4 is 16.0 Å². The quantitative estimate of drug-likeness (QED) is 0.940. The lowest BCUT2D eigenvalue weighted by molar-refractivity contribution is 0.0819. The second-order valence-corrected chi connectivity index (χ2v) is 5.80. The summed E-state index contributed by atoms with van der Waals surface area (Å²) < 4.78 is 31.0. The number of hydrogen-bond donors (Lipinski definition) is 1. The molecule has 1 heterocycles. The molecule has 0 aliphatic heterocycles. The number of fused-ring (bicyclic) bond motifs is 1. The van der Waals surface area contributed by atoms with E-state index in [2.05, 4.69) is 4.98 Å². The summed E-state index contributed by atoms with van der Waals surface area (Å²) in [6.45, 7) is -0.730. The first-order chi connectivity index (χ1) is 11.1. The van der Waals surface area contributed by atoms with Gasteiger partial charge in [0.15, 0.2) is 0 Å². The van der Waals surface area contributed by atoms with Crippen LogP contribution in [0.5, 0.6) is 5.75 Å². The van der Waals surface area contributed by atoms with Crippen LogP contribution in [0.3, 0.4) is 0 Å². The summed E-state index contributed by atoms with van der Waals surface area (Å²) in [5, 5.41) is 0.280. The summed E-state index contributed by atoms with van der Waals surface area (Å²) in [6, 6.07) is 4.59. The smallest absolute Gasteiger partial charge is 0.329 e. The van der Waals surface area contributed by atoms with E-state index in [4.69, 9.17) is 4.74 Å². The second-order valence-electron chi connectivity index (χ2n) is 5.80. The fourth-order valence-corrected chi connectivity index (χ4v) is 3.19. The topological polar surface area (TPSA) is 64.1 Å². The van der Waals surface area contributed by atoms with E-state index in [1.807, 2.05) is 0 Å². The average Bonchev–Trinajstić information content (AvgIpc) is 2.54. The van der Waals surface area contributed by atoms with Crippen molar-refractivity contribution in [3.63, 3.8) is 0 Å². The first-order valence-electron chi connectivity index (χ1n) is 7.76. The normalized spacial score (nSPS) is 16.1. The number of halogens is 2. The molecular formula is C16H18F2N2O3. The largest absolute Gasteiger partial charge is 0.488 e. The summed E-state index contributed by atoms with van der Waals surface area (Å²) in [4.78, 5) is 26.6. The molecule has 23 heavy (non-hydrogen) atoms. The molecule has 1 N–H and O–H groups in total. The Labute approximate surface area is 130 Å². The maximum atomic E-state index is 12.2. The third-order valence-corrected chi connectivity index (χ3v) is 4.23. The third-order valence-electron chi connectivity index (χ3n) is 4.23. The van der Waals surface area contributed by atoms with Gasteiger partial charge in [0.1, 0.15) is 12.4 Å². The van der Waals surface area contributed by atoms with Crippen LogP contribution >= 0.6 is 0 Å². The molecule has 1 aromatic heterocycles. The van der Waals surface area contributed by atoms with Crippen molar-refractivity contribution in [1.29, 1.82) is 0 Å². The van der Waals surface area contributed by atoms with Gasteiger partial charge in [-0.2, -0.15) is 0 Å².